The first-order chi connectivity index (χ1) is 8.97. The van der Waals surface area contributed by atoms with E-state index in [0.29, 0.717) is 5.56 Å². The maximum absolute atomic E-state index is 12.5. The second-order valence-electron chi connectivity index (χ2n) is 4.97. The summed E-state index contributed by atoms with van der Waals surface area (Å²) >= 11 is 0. The molecule has 1 amide bonds. The van der Waals surface area contributed by atoms with Crippen molar-refractivity contribution in [2.24, 2.45) is 0 Å². The number of β-amino-alcohol motifs (C(OH)–C–C–N with tert-alkyl or cyclic N) is 1. The van der Waals surface area contributed by atoms with Crippen molar-refractivity contribution in [1.29, 1.82) is 5.26 Å². The van der Waals surface area contributed by atoms with Crippen molar-refractivity contribution in [3.8, 4) is 6.07 Å². The Morgan fingerprint density at radius 3 is 2.74 bits per heavy atom. The monoisotopic (exact) mass is 259 g/mol. The van der Waals surface area contributed by atoms with Gasteiger partial charge in [-0.1, -0.05) is 12.1 Å². The van der Waals surface area contributed by atoms with Gasteiger partial charge in [0.2, 0.25) is 0 Å². The lowest BCUT2D eigenvalue weighted by atomic mass is 10.0. The smallest absolute Gasteiger partial charge is 0.257 e. The van der Waals surface area contributed by atoms with Gasteiger partial charge in [-0.2, -0.15) is 5.26 Å². The number of fused-ring (bicyclic) bond motifs is 1. The molecule has 0 radical (unpaired) electrons. The maximum Gasteiger partial charge on any atom is 0.257 e. The van der Waals surface area contributed by atoms with Crippen LogP contribution in [-0.2, 0) is 0 Å². The summed E-state index contributed by atoms with van der Waals surface area (Å²) in [5, 5.41) is 18.8. The molecule has 2 rings (SSSR count). The van der Waals surface area contributed by atoms with Crippen molar-refractivity contribution >= 4 is 11.6 Å². The van der Waals surface area contributed by atoms with Crippen molar-refractivity contribution in [1.82, 2.24) is 4.90 Å². The molecule has 0 aromatic heterocycles. The Balaban J connectivity index is 2.53. The number of amides is 1. The van der Waals surface area contributed by atoms with Crippen LogP contribution in [0.3, 0.4) is 0 Å². The molecule has 5 nitrogen and oxygen atoms in total. The van der Waals surface area contributed by atoms with Gasteiger partial charge in [-0.15, -0.1) is 0 Å². The summed E-state index contributed by atoms with van der Waals surface area (Å²) in [5.74, 6) is -0.188. The number of anilines is 1. The number of aliphatic hydroxyl groups is 1. The van der Waals surface area contributed by atoms with Crippen molar-refractivity contribution in [3.05, 3.63) is 29.3 Å². The number of benzene rings is 1. The first-order valence-corrected chi connectivity index (χ1v) is 6.16. The van der Waals surface area contributed by atoms with Crippen LogP contribution in [0.1, 0.15) is 28.9 Å². The summed E-state index contributed by atoms with van der Waals surface area (Å²) in [4.78, 5) is 15.8. The highest BCUT2D eigenvalue weighted by Gasteiger charge is 2.39. The molecule has 0 aliphatic carbocycles. The van der Waals surface area contributed by atoms with E-state index in [1.165, 1.54) is 4.90 Å². The minimum atomic E-state index is -0.656. The van der Waals surface area contributed by atoms with E-state index in [0.717, 1.165) is 11.3 Å². The largest absolute Gasteiger partial charge is 0.392 e. The number of carbonyl (C=O) groups is 1. The first kappa shape index (κ1) is 13.4. The molecule has 5 heteroatoms. The Morgan fingerprint density at radius 1 is 1.53 bits per heavy atom. The Kier molecular flexibility index (Phi) is 3.45. The Bertz CT molecular complexity index is 546. The van der Waals surface area contributed by atoms with Gasteiger partial charge in [0.15, 0.2) is 0 Å². The van der Waals surface area contributed by atoms with E-state index in [1.54, 1.807) is 13.0 Å². The fourth-order valence-corrected chi connectivity index (χ4v) is 2.43. The van der Waals surface area contributed by atoms with Gasteiger partial charge in [0, 0.05) is 31.9 Å². The summed E-state index contributed by atoms with van der Waals surface area (Å²) in [5.41, 5.74) is 2.09. The van der Waals surface area contributed by atoms with Crippen molar-refractivity contribution < 1.29 is 9.90 Å². The number of hydrogen-bond donors (Lipinski definition) is 1. The van der Waals surface area contributed by atoms with E-state index in [1.807, 2.05) is 31.1 Å². The van der Waals surface area contributed by atoms with Gasteiger partial charge in [-0.05, 0) is 13.0 Å². The van der Waals surface area contributed by atoms with Crippen LogP contribution in [0, 0.1) is 11.3 Å². The zero-order valence-electron chi connectivity index (χ0n) is 11.3. The van der Waals surface area contributed by atoms with Crippen molar-refractivity contribution in [2.75, 3.05) is 25.5 Å². The predicted molar refractivity (Wildman–Crippen MR) is 71.8 cm³/mol. The van der Waals surface area contributed by atoms with Crippen molar-refractivity contribution in [2.45, 2.75) is 19.1 Å². The van der Waals surface area contributed by atoms with Gasteiger partial charge in [-0.25, -0.2) is 0 Å². The molecule has 1 aromatic carbocycles. The Hall–Kier alpha value is -2.06. The van der Waals surface area contributed by atoms with Crippen LogP contribution in [0.25, 0.3) is 0 Å². The fraction of sp³-hybridized carbons (Fsp3) is 0.429. The average molecular weight is 259 g/mol. The molecule has 1 aliphatic heterocycles. The number of nitrogens with zero attached hydrogens (tertiary/aromatic N) is 3. The summed E-state index contributed by atoms with van der Waals surface area (Å²) in [6, 6.07) is 7.04. The summed E-state index contributed by atoms with van der Waals surface area (Å²) in [7, 11) is 3.73. The third-order valence-corrected chi connectivity index (χ3v) is 3.22. The van der Waals surface area contributed by atoms with Gasteiger partial charge >= 0.3 is 0 Å². The average Bonchev–Trinajstić information content (AvgIpc) is 2.61. The molecule has 0 spiro atoms. The molecule has 100 valence electrons. The summed E-state index contributed by atoms with van der Waals surface area (Å²) < 4.78 is 0. The highest BCUT2D eigenvalue weighted by atomic mass is 16.3. The molecule has 19 heavy (non-hydrogen) atoms. The minimum Gasteiger partial charge on any atom is -0.392 e. The third kappa shape index (κ3) is 2.15. The molecule has 0 bridgehead atoms. The third-order valence-electron chi connectivity index (χ3n) is 3.22. The maximum atomic E-state index is 12.5. The van der Waals surface area contributed by atoms with Crippen LogP contribution in [0.4, 0.5) is 5.69 Å². The minimum absolute atomic E-state index is 0.165. The topological polar surface area (TPSA) is 67.6 Å². The van der Waals surface area contributed by atoms with Crippen LogP contribution in [0.2, 0.25) is 0 Å². The Labute approximate surface area is 112 Å². The fourth-order valence-electron chi connectivity index (χ4n) is 2.43. The quantitative estimate of drug-likeness (QED) is 0.884. The number of aliphatic hydroxyl groups excluding tert-OH is 1. The van der Waals surface area contributed by atoms with Crippen LogP contribution in [0.5, 0.6) is 0 Å². The highest BCUT2D eigenvalue weighted by molar-refractivity contribution is 6.04. The standard InChI is InChI=1S/C14H17N3O2/c1-9(18)8-17-12(7-15)10-5-4-6-11(16(2)3)13(10)14(17)19/h4-6,9,12,18H,8H2,1-3H3. The molecule has 2 unspecified atom stereocenters. The van der Waals surface area contributed by atoms with Crippen LogP contribution in [0.15, 0.2) is 18.2 Å². The molecule has 0 fully saturated rings. The lowest BCUT2D eigenvalue weighted by Crippen LogP contribution is -2.34. The van der Waals surface area contributed by atoms with Gasteiger partial charge in [-0.3, -0.25) is 4.79 Å². The number of hydrogen-bond acceptors (Lipinski definition) is 4. The van der Waals surface area contributed by atoms with Gasteiger partial charge in [0.05, 0.1) is 17.7 Å². The van der Waals surface area contributed by atoms with Crippen molar-refractivity contribution in [3.63, 3.8) is 0 Å². The van der Waals surface area contributed by atoms with E-state index >= 15 is 0 Å². The number of nitriles is 1. The van der Waals surface area contributed by atoms with Crippen LogP contribution < -0.4 is 4.90 Å². The van der Waals surface area contributed by atoms with Crippen LogP contribution in [-0.4, -0.2) is 42.7 Å². The molecular weight excluding hydrogens is 242 g/mol. The number of carbonyl (C=O) groups excluding carboxylic acids is 1. The van der Waals surface area contributed by atoms with E-state index in [4.69, 9.17) is 0 Å². The molecule has 1 heterocycles. The van der Waals surface area contributed by atoms with E-state index in [-0.39, 0.29) is 12.5 Å². The number of rotatable bonds is 3. The Morgan fingerprint density at radius 2 is 2.21 bits per heavy atom. The molecule has 0 saturated carbocycles. The van der Waals surface area contributed by atoms with E-state index < -0.39 is 12.1 Å². The predicted octanol–water partition coefficient (Wildman–Crippen LogP) is 1.15. The normalized spacial score (nSPS) is 19.0. The molecule has 1 aromatic rings. The molecule has 2 atom stereocenters. The van der Waals surface area contributed by atoms with Crippen LogP contribution >= 0.6 is 0 Å². The molecule has 1 N–H and O–H groups in total. The zero-order valence-corrected chi connectivity index (χ0v) is 11.3. The zero-order chi connectivity index (χ0) is 14.2. The van der Waals surface area contributed by atoms with E-state index in [2.05, 4.69) is 6.07 Å². The van der Waals surface area contributed by atoms with Gasteiger partial charge in [0.25, 0.3) is 5.91 Å². The molecule has 0 saturated heterocycles. The molecular formula is C14H17N3O2. The lowest BCUT2D eigenvalue weighted by molar-refractivity contribution is 0.0642. The van der Waals surface area contributed by atoms with E-state index in [9.17, 15) is 15.2 Å². The first-order valence-electron chi connectivity index (χ1n) is 6.16. The lowest BCUT2D eigenvalue weighted by Gasteiger charge is -2.21. The SMILES string of the molecule is CC(O)CN1C(=O)c2c(cccc2N(C)C)C1C#N. The summed E-state index contributed by atoms with van der Waals surface area (Å²) in [6.07, 6.45) is -0.656. The molecule has 1 aliphatic rings. The second-order valence-corrected chi connectivity index (χ2v) is 4.97. The van der Waals surface area contributed by atoms with Gasteiger partial charge in [0.1, 0.15) is 6.04 Å². The second kappa shape index (κ2) is 4.90. The summed E-state index contributed by atoms with van der Waals surface area (Å²) in [6.45, 7) is 1.77. The van der Waals surface area contributed by atoms with Gasteiger partial charge < -0.3 is 14.9 Å². The highest BCUT2D eigenvalue weighted by Crippen LogP contribution is 2.38.